The van der Waals surface area contributed by atoms with E-state index < -0.39 is 11.9 Å². The Bertz CT molecular complexity index is 1030. The van der Waals surface area contributed by atoms with Gasteiger partial charge in [0.1, 0.15) is 41.9 Å². The minimum atomic E-state index is -4.49. The highest BCUT2D eigenvalue weighted by molar-refractivity contribution is 5.88. The number of H-pyrrole nitrogens is 1. The van der Waals surface area contributed by atoms with Gasteiger partial charge >= 0.3 is 6.18 Å². The van der Waals surface area contributed by atoms with Gasteiger partial charge in [0.2, 0.25) is 0 Å². The number of aromatic amines is 1. The number of aromatic nitrogens is 3. The SMILES string of the molecule is FC(F)(F)c1cc2c(N[C@H]3c4ccccc4OC[C@@H]3OC3CCC3)ncnc2[nH]1. The molecule has 0 bridgehead atoms. The van der Waals surface area contributed by atoms with Crippen LogP contribution >= 0.6 is 0 Å². The molecule has 152 valence electrons. The number of rotatable bonds is 4. The summed E-state index contributed by atoms with van der Waals surface area (Å²) in [4.78, 5) is 10.5. The predicted molar refractivity (Wildman–Crippen MR) is 99.7 cm³/mol. The topological polar surface area (TPSA) is 72.1 Å². The minimum absolute atomic E-state index is 0.131. The smallest absolute Gasteiger partial charge is 0.431 e. The van der Waals surface area contributed by atoms with E-state index in [0.29, 0.717) is 12.4 Å². The Morgan fingerprint density at radius 2 is 2.00 bits per heavy atom. The van der Waals surface area contributed by atoms with Crippen molar-refractivity contribution in [2.45, 2.75) is 43.7 Å². The summed E-state index contributed by atoms with van der Waals surface area (Å²) in [6, 6.07) is 8.31. The average Bonchev–Trinajstić information content (AvgIpc) is 3.12. The summed E-state index contributed by atoms with van der Waals surface area (Å²) in [5.74, 6) is 1.06. The zero-order valence-electron chi connectivity index (χ0n) is 15.4. The number of benzene rings is 1. The lowest BCUT2D eigenvalue weighted by molar-refractivity contribution is -0.140. The van der Waals surface area contributed by atoms with Crippen LogP contribution in [0.15, 0.2) is 36.7 Å². The molecule has 2 N–H and O–H groups in total. The third-order valence-electron chi connectivity index (χ3n) is 5.47. The van der Waals surface area contributed by atoms with E-state index in [0.717, 1.165) is 36.6 Å². The molecule has 1 aromatic carbocycles. The van der Waals surface area contributed by atoms with Crippen LogP contribution in [-0.2, 0) is 10.9 Å². The number of halogens is 3. The standard InChI is InChI=1S/C20H19F3N4O2/c21-20(22,23)16-8-13-18(26-16)24-10-25-19(13)27-17-12-6-1-2-7-14(12)28-9-15(17)29-11-4-3-5-11/h1-2,6-8,10-11,15,17H,3-5,9H2,(H2,24,25,26,27)/t15-,17-/m0/s1. The average molecular weight is 404 g/mol. The number of fused-ring (bicyclic) bond motifs is 2. The summed E-state index contributed by atoms with van der Waals surface area (Å²) in [6.07, 6.45) is -0.171. The Morgan fingerprint density at radius 1 is 1.17 bits per heavy atom. The fraction of sp³-hybridized carbons (Fsp3) is 0.400. The summed E-state index contributed by atoms with van der Waals surface area (Å²) >= 11 is 0. The summed E-state index contributed by atoms with van der Waals surface area (Å²) in [5, 5.41) is 3.59. The number of hydrogen-bond acceptors (Lipinski definition) is 5. The molecule has 0 unspecified atom stereocenters. The molecule has 1 saturated carbocycles. The van der Waals surface area contributed by atoms with Crippen LogP contribution in [0.5, 0.6) is 5.75 Å². The second-order valence-electron chi connectivity index (χ2n) is 7.36. The molecule has 1 fully saturated rings. The Hall–Kier alpha value is -2.81. The van der Waals surface area contributed by atoms with Gasteiger partial charge in [0.25, 0.3) is 0 Å². The molecule has 29 heavy (non-hydrogen) atoms. The molecule has 3 aromatic rings. The van der Waals surface area contributed by atoms with Crippen molar-refractivity contribution in [3.05, 3.63) is 47.9 Å². The van der Waals surface area contributed by atoms with E-state index in [9.17, 15) is 13.2 Å². The van der Waals surface area contributed by atoms with Crippen LogP contribution in [0, 0.1) is 0 Å². The van der Waals surface area contributed by atoms with Crippen LogP contribution in [0.2, 0.25) is 0 Å². The van der Waals surface area contributed by atoms with Gasteiger partial charge in [-0.25, -0.2) is 9.97 Å². The lowest BCUT2D eigenvalue weighted by Crippen LogP contribution is -2.41. The fourth-order valence-corrected chi connectivity index (χ4v) is 3.73. The van der Waals surface area contributed by atoms with Crippen molar-refractivity contribution in [1.29, 1.82) is 0 Å². The van der Waals surface area contributed by atoms with Crippen molar-refractivity contribution in [1.82, 2.24) is 15.0 Å². The first-order chi connectivity index (χ1) is 14.0. The Kier molecular flexibility index (Phi) is 4.34. The number of ether oxygens (including phenoxy) is 2. The molecule has 6 nitrogen and oxygen atoms in total. The fourth-order valence-electron chi connectivity index (χ4n) is 3.73. The van der Waals surface area contributed by atoms with Gasteiger partial charge in [-0.1, -0.05) is 18.2 Å². The van der Waals surface area contributed by atoms with Gasteiger partial charge in [0.15, 0.2) is 0 Å². The molecule has 1 aliphatic carbocycles. The molecule has 1 aliphatic heterocycles. The Morgan fingerprint density at radius 3 is 2.76 bits per heavy atom. The van der Waals surface area contributed by atoms with Crippen molar-refractivity contribution in [2.24, 2.45) is 0 Å². The number of nitrogens with one attached hydrogen (secondary N) is 2. The van der Waals surface area contributed by atoms with Gasteiger partial charge < -0.3 is 19.8 Å². The molecule has 0 radical (unpaired) electrons. The van der Waals surface area contributed by atoms with E-state index in [-0.39, 0.29) is 29.3 Å². The molecular weight excluding hydrogens is 385 g/mol. The highest BCUT2D eigenvalue weighted by Gasteiger charge is 2.36. The molecule has 0 saturated heterocycles. The van der Waals surface area contributed by atoms with Crippen LogP contribution in [-0.4, -0.2) is 33.8 Å². The highest BCUT2D eigenvalue weighted by Crippen LogP contribution is 2.39. The van der Waals surface area contributed by atoms with Crippen molar-refractivity contribution < 1.29 is 22.6 Å². The highest BCUT2D eigenvalue weighted by atomic mass is 19.4. The second-order valence-corrected chi connectivity index (χ2v) is 7.36. The maximum atomic E-state index is 13.1. The van der Waals surface area contributed by atoms with Gasteiger partial charge in [0.05, 0.1) is 17.5 Å². The first-order valence-corrected chi connectivity index (χ1v) is 9.53. The van der Waals surface area contributed by atoms with Gasteiger partial charge in [-0.3, -0.25) is 0 Å². The van der Waals surface area contributed by atoms with Crippen LogP contribution < -0.4 is 10.1 Å². The third kappa shape index (κ3) is 3.39. The zero-order chi connectivity index (χ0) is 20.0. The maximum Gasteiger partial charge on any atom is 0.431 e. The summed E-state index contributed by atoms with van der Waals surface area (Å²) < 4.78 is 51.5. The lowest BCUT2D eigenvalue weighted by Gasteiger charge is -2.38. The van der Waals surface area contributed by atoms with Crippen molar-refractivity contribution in [2.75, 3.05) is 11.9 Å². The van der Waals surface area contributed by atoms with Crippen molar-refractivity contribution in [3.8, 4) is 5.75 Å². The van der Waals surface area contributed by atoms with E-state index in [2.05, 4.69) is 20.3 Å². The van der Waals surface area contributed by atoms with Crippen LogP contribution in [0.25, 0.3) is 11.0 Å². The molecule has 0 amide bonds. The molecule has 9 heteroatoms. The van der Waals surface area contributed by atoms with Gasteiger partial charge in [0, 0.05) is 5.56 Å². The zero-order valence-corrected chi connectivity index (χ0v) is 15.4. The van der Waals surface area contributed by atoms with E-state index in [1.54, 1.807) is 0 Å². The monoisotopic (exact) mass is 404 g/mol. The predicted octanol–water partition coefficient (Wildman–Crippen LogP) is 4.46. The molecule has 2 atom stereocenters. The molecule has 2 aromatic heterocycles. The summed E-state index contributed by atoms with van der Waals surface area (Å²) in [5.41, 5.74) is 0.166. The molecule has 5 rings (SSSR count). The first kappa shape index (κ1) is 18.2. The van der Waals surface area contributed by atoms with Gasteiger partial charge in [-0.2, -0.15) is 13.2 Å². The Labute approximate surface area is 164 Å². The van der Waals surface area contributed by atoms with E-state index in [1.807, 2.05) is 24.3 Å². The number of hydrogen-bond donors (Lipinski definition) is 2. The lowest BCUT2D eigenvalue weighted by atomic mass is 9.94. The quantitative estimate of drug-likeness (QED) is 0.672. The number of nitrogens with zero attached hydrogens (tertiary/aromatic N) is 2. The normalized spacial score (nSPS) is 22.0. The Balaban J connectivity index is 1.51. The second kappa shape index (κ2) is 6.91. The van der Waals surface area contributed by atoms with Gasteiger partial charge in [-0.05, 0) is 31.4 Å². The largest absolute Gasteiger partial charge is 0.490 e. The number of alkyl halides is 3. The van der Waals surface area contributed by atoms with Crippen molar-refractivity contribution in [3.63, 3.8) is 0 Å². The van der Waals surface area contributed by atoms with Crippen LogP contribution in [0.3, 0.4) is 0 Å². The van der Waals surface area contributed by atoms with E-state index >= 15 is 0 Å². The van der Waals surface area contributed by atoms with E-state index in [4.69, 9.17) is 9.47 Å². The summed E-state index contributed by atoms with van der Waals surface area (Å²) in [7, 11) is 0. The third-order valence-corrected chi connectivity index (χ3v) is 5.47. The van der Waals surface area contributed by atoms with Gasteiger partial charge in [-0.15, -0.1) is 0 Å². The molecule has 2 aliphatic rings. The number of anilines is 1. The van der Waals surface area contributed by atoms with Crippen LogP contribution in [0.4, 0.5) is 19.0 Å². The minimum Gasteiger partial charge on any atom is -0.490 e. The van der Waals surface area contributed by atoms with Crippen molar-refractivity contribution >= 4 is 16.9 Å². The molecule has 0 spiro atoms. The summed E-state index contributed by atoms with van der Waals surface area (Å²) in [6.45, 7) is 0.361. The molecular formula is C20H19F3N4O2. The van der Waals surface area contributed by atoms with Crippen LogP contribution in [0.1, 0.15) is 36.6 Å². The molecule has 3 heterocycles. The number of para-hydroxylation sites is 1. The first-order valence-electron chi connectivity index (χ1n) is 9.53. The van der Waals surface area contributed by atoms with E-state index in [1.165, 1.54) is 6.33 Å². The maximum absolute atomic E-state index is 13.1.